The molecule has 1 saturated carbocycles. The summed E-state index contributed by atoms with van der Waals surface area (Å²) >= 11 is 0. The van der Waals surface area contributed by atoms with E-state index in [2.05, 4.69) is 49.5 Å². The van der Waals surface area contributed by atoms with Gasteiger partial charge in [-0.05, 0) is 18.4 Å². The second-order valence-corrected chi connectivity index (χ2v) is 11.8. The van der Waals surface area contributed by atoms with Crippen molar-refractivity contribution in [3.05, 3.63) is 42.5 Å². The highest BCUT2D eigenvalue weighted by Gasteiger charge is 2.37. The third-order valence-electron chi connectivity index (χ3n) is 5.11. The molecule has 1 aromatic carbocycles. The van der Waals surface area contributed by atoms with Gasteiger partial charge in [0.2, 0.25) is 0 Å². The minimum absolute atomic E-state index is 0.336. The molecule has 0 saturated heterocycles. The second kappa shape index (κ2) is 7.41. The molecule has 1 aliphatic carbocycles. The van der Waals surface area contributed by atoms with E-state index in [-0.39, 0.29) is 6.10 Å². The second-order valence-electron chi connectivity index (χ2n) is 7.14. The van der Waals surface area contributed by atoms with E-state index in [1.54, 1.807) is 0 Å². The molecule has 1 fully saturated rings. The van der Waals surface area contributed by atoms with Crippen molar-refractivity contribution in [3.8, 4) is 0 Å². The summed E-state index contributed by atoms with van der Waals surface area (Å²) in [5, 5.41) is 11.2. The maximum absolute atomic E-state index is 9.66. The molecule has 0 heterocycles. The Kier molecular flexibility index (Phi) is 5.83. The van der Waals surface area contributed by atoms with Crippen molar-refractivity contribution in [2.75, 3.05) is 0 Å². The Labute approximate surface area is 131 Å². The van der Waals surface area contributed by atoms with Gasteiger partial charge in [-0.2, -0.15) is 0 Å². The zero-order valence-electron chi connectivity index (χ0n) is 13.8. The Morgan fingerprint density at radius 3 is 2.24 bits per heavy atom. The van der Waals surface area contributed by atoms with Crippen molar-refractivity contribution in [1.29, 1.82) is 0 Å². The van der Waals surface area contributed by atoms with Crippen LogP contribution in [0.3, 0.4) is 0 Å². The van der Waals surface area contributed by atoms with Crippen LogP contribution in [0.25, 0.3) is 0 Å². The van der Waals surface area contributed by atoms with Gasteiger partial charge in [0.25, 0.3) is 0 Å². The zero-order valence-corrected chi connectivity index (χ0v) is 14.8. The molecule has 1 nitrogen and oxygen atoms in total. The molecule has 2 atom stereocenters. The fourth-order valence-electron chi connectivity index (χ4n) is 3.82. The summed E-state index contributed by atoms with van der Waals surface area (Å²) in [6.45, 7) is 6.84. The maximum atomic E-state index is 9.66. The van der Waals surface area contributed by atoms with Gasteiger partial charge in [-0.3, -0.25) is 0 Å². The van der Waals surface area contributed by atoms with Gasteiger partial charge < -0.3 is 5.11 Å². The van der Waals surface area contributed by atoms with Gasteiger partial charge in [0.05, 0.1) is 14.2 Å². The van der Waals surface area contributed by atoms with Crippen LogP contribution >= 0.6 is 0 Å². The van der Waals surface area contributed by atoms with Crippen LogP contribution in [0.15, 0.2) is 42.5 Å². The molecule has 116 valence electrons. The lowest BCUT2D eigenvalue weighted by atomic mass is 9.86. The van der Waals surface area contributed by atoms with Crippen molar-refractivity contribution in [2.24, 2.45) is 5.92 Å². The van der Waals surface area contributed by atoms with Crippen LogP contribution < -0.4 is 5.19 Å². The first kappa shape index (κ1) is 16.5. The molecule has 2 heteroatoms. The van der Waals surface area contributed by atoms with E-state index in [1.165, 1.54) is 37.3 Å². The first-order valence-corrected chi connectivity index (χ1v) is 11.5. The van der Waals surface area contributed by atoms with Crippen LogP contribution in [-0.4, -0.2) is 19.3 Å². The Balaban J connectivity index is 2.28. The number of allylic oxidation sites excluding steroid dienone is 1. The summed E-state index contributed by atoms with van der Waals surface area (Å²) in [5.74, 6) is 0.802. The van der Waals surface area contributed by atoms with Gasteiger partial charge in [0.1, 0.15) is 0 Å². The number of aliphatic hydroxyl groups excluding tert-OH is 1. The third-order valence-corrected chi connectivity index (χ3v) is 9.26. The maximum Gasteiger partial charge on any atom is 0.0876 e. The van der Waals surface area contributed by atoms with E-state index in [1.807, 2.05) is 13.0 Å². The van der Waals surface area contributed by atoms with Crippen LogP contribution in [0.5, 0.6) is 0 Å². The summed E-state index contributed by atoms with van der Waals surface area (Å²) < 4.78 is 0. The van der Waals surface area contributed by atoms with E-state index < -0.39 is 8.07 Å². The average Bonchev–Trinajstić information content (AvgIpc) is 2.49. The largest absolute Gasteiger partial charge is 0.389 e. The van der Waals surface area contributed by atoms with Gasteiger partial charge in [0.15, 0.2) is 0 Å². The SMILES string of the molecule is C[C@@H](O)/C=C\[C@H](C1CCCCC1)[Si](C)(C)c1ccccc1. The summed E-state index contributed by atoms with van der Waals surface area (Å²) in [6, 6.07) is 11.0. The monoisotopic (exact) mass is 302 g/mol. The first-order chi connectivity index (χ1) is 10.0. The molecule has 0 aromatic heterocycles. The third kappa shape index (κ3) is 4.30. The molecule has 0 amide bonds. The number of aliphatic hydroxyl groups is 1. The van der Waals surface area contributed by atoms with Crippen molar-refractivity contribution in [2.45, 2.75) is 63.8 Å². The molecule has 0 spiro atoms. The van der Waals surface area contributed by atoms with Gasteiger partial charge in [-0.15, -0.1) is 0 Å². The summed E-state index contributed by atoms with van der Waals surface area (Å²) in [6.07, 6.45) is 10.9. The molecular formula is C19H30OSi. The number of rotatable bonds is 5. The van der Waals surface area contributed by atoms with E-state index in [0.717, 1.165) is 5.92 Å². The minimum atomic E-state index is -1.56. The number of hydrogen-bond donors (Lipinski definition) is 1. The van der Waals surface area contributed by atoms with E-state index in [0.29, 0.717) is 5.54 Å². The standard InChI is InChI=1S/C19H30OSi/c1-16(20)14-15-19(17-10-6-4-7-11-17)21(2,3)18-12-8-5-9-13-18/h5,8-9,12-17,19-20H,4,6-7,10-11H2,1-3H3/b15-14-/t16-,19-/m1/s1. The van der Waals surface area contributed by atoms with Gasteiger partial charge in [0, 0.05) is 0 Å². The van der Waals surface area contributed by atoms with Crippen LogP contribution in [0.4, 0.5) is 0 Å². The molecule has 1 aromatic rings. The van der Waals surface area contributed by atoms with Crippen LogP contribution in [0.1, 0.15) is 39.0 Å². The van der Waals surface area contributed by atoms with Crippen LogP contribution in [-0.2, 0) is 0 Å². The summed E-state index contributed by atoms with van der Waals surface area (Å²) in [5.41, 5.74) is 0.634. The fourth-order valence-corrected chi connectivity index (χ4v) is 7.36. The molecule has 0 bridgehead atoms. The summed E-state index contributed by atoms with van der Waals surface area (Å²) in [7, 11) is -1.56. The van der Waals surface area contributed by atoms with Crippen molar-refractivity contribution >= 4 is 13.3 Å². The molecule has 0 unspecified atom stereocenters. The molecule has 2 rings (SSSR count). The highest BCUT2D eigenvalue weighted by atomic mass is 28.3. The zero-order chi connectivity index (χ0) is 15.3. The van der Waals surface area contributed by atoms with Crippen LogP contribution in [0, 0.1) is 5.92 Å². The minimum Gasteiger partial charge on any atom is -0.389 e. The van der Waals surface area contributed by atoms with E-state index in [4.69, 9.17) is 0 Å². The number of benzene rings is 1. The highest BCUT2D eigenvalue weighted by Crippen LogP contribution is 2.40. The van der Waals surface area contributed by atoms with Crippen molar-refractivity contribution in [1.82, 2.24) is 0 Å². The Hall–Kier alpha value is -0.863. The Bertz CT molecular complexity index is 444. The Morgan fingerprint density at radius 2 is 1.67 bits per heavy atom. The fraction of sp³-hybridized carbons (Fsp3) is 0.579. The lowest BCUT2D eigenvalue weighted by Crippen LogP contribution is -2.48. The Morgan fingerprint density at radius 1 is 1.05 bits per heavy atom. The smallest absolute Gasteiger partial charge is 0.0876 e. The molecule has 1 aliphatic rings. The average molecular weight is 303 g/mol. The normalized spacial score (nSPS) is 20.6. The van der Waals surface area contributed by atoms with Crippen LogP contribution in [0.2, 0.25) is 18.6 Å². The molecule has 0 aliphatic heterocycles. The quantitative estimate of drug-likeness (QED) is 0.627. The number of hydrogen-bond acceptors (Lipinski definition) is 1. The topological polar surface area (TPSA) is 20.2 Å². The molecular weight excluding hydrogens is 272 g/mol. The van der Waals surface area contributed by atoms with Gasteiger partial charge >= 0.3 is 0 Å². The molecule has 0 radical (unpaired) electrons. The molecule has 1 N–H and O–H groups in total. The first-order valence-electron chi connectivity index (χ1n) is 8.43. The highest BCUT2D eigenvalue weighted by molar-refractivity contribution is 6.91. The van der Waals surface area contributed by atoms with Gasteiger partial charge in [-0.25, -0.2) is 0 Å². The van der Waals surface area contributed by atoms with E-state index in [9.17, 15) is 5.11 Å². The lowest BCUT2D eigenvalue weighted by Gasteiger charge is -2.39. The summed E-state index contributed by atoms with van der Waals surface area (Å²) in [4.78, 5) is 0. The lowest BCUT2D eigenvalue weighted by molar-refractivity contribution is 0.243. The van der Waals surface area contributed by atoms with E-state index >= 15 is 0 Å². The van der Waals surface area contributed by atoms with Crippen molar-refractivity contribution in [3.63, 3.8) is 0 Å². The van der Waals surface area contributed by atoms with Crippen molar-refractivity contribution < 1.29 is 5.11 Å². The molecule has 21 heavy (non-hydrogen) atoms. The predicted octanol–water partition coefficient (Wildman–Crippen LogP) is 4.49. The van der Waals surface area contributed by atoms with Gasteiger partial charge in [-0.1, -0.05) is 92.9 Å². The predicted molar refractivity (Wildman–Crippen MR) is 94.7 cm³/mol.